The van der Waals surface area contributed by atoms with E-state index in [9.17, 15) is 9.59 Å². The Kier molecular flexibility index (Phi) is 6.80. The lowest BCUT2D eigenvalue weighted by Crippen LogP contribution is -2.41. The Hall–Kier alpha value is -2.69. The van der Waals surface area contributed by atoms with Crippen LogP contribution in [0.4, 0.5) is 5.82 Å². The first kappa shape index (κ1) is 20.1. The highest BCUT2D eigenvalue weighted by molar-refractivity contribution is 5.92. The fourth-order valence-corrected chi connectivity index (χ4v) is 3.57. The second-order valence-electron chi connectivity index (χ2n) is 7.53. The number of nitrogens with zero attached hydrogens (tertiary/aromatic N) is 2. The summed E-state index contributed by atoms with van der Waals surface area (Å²) in [5.41, 5.74) is 3.58. The third-order valence-corrected chi connectivity index (χ3v) is 5.44. The summed E-state index contributed by atoms with van der Waals surface area (Å²) in [5, 5.41) is 2.90. The van der Waals surface area contributed by atoms with E-state index in [0.717, 1.165) is 18.4 Å². The highest BCUT2D eigenvalue weighted by Crippen LogP contribution is 2.20. The molecule has 2 amide bonds. The van der Waals surface area contributed by atoms with Crippen LogP contribution in [0, 0.1) is 12.8 Å². The van der Waals surface area contributed by atoms with Crippen LogP contribution in [0.1, 0.15) is 42.9 Å². The molecule has 1 N–H and O–H groups in total. The van der Waals surface area contributed by atoms with E-state index < -0.39 is 0 Å². The fourth-order valence-electron chi connectivity index (χ4n) is 3.57. The van der Waals surface area contributed by atoms with E-state index in [4.69, 9.17) is 0 Å². The molecule has 1 aliphatic rings. The second kappa shape index (κ2) is 9.49. The number of likely N-dealkylation sites (tertiary alicyclic amines) is 1. The number of aryl methyl sites for hydroxylation is 3. The largest absolute Gasteiger partial charge is 0.343 e. The minimum Gasteiger partial charge on any atom is -0.343 e. The number of carbonyl (C=O) groups is 2. The van der Waals surface area contributed by atoms with Crippen LogP contribution in [0.15, 0.2) is 42.6 Å². The number of pyridine rings is 1. The predicted octanol–water partition coefficient (Wildman–Crippen LogP) is 3.76. The van der Waals surface area contributed by atoms with Crippen LogP contribution in [0.25, 0.3) is 0 Å². The third kappa shape index (κ3) is 5.41. The molecular weight excluding hydrogens is 350 g/mol. The van der Waals surface area contributed by atoms with E-state index in [1.54, 1.807) is 6.20 Å². The summed E-state index contributed by atoms with van der Waals surface area (Å²) in [6.07, 6.45) is 5.42. The monoisotopic (exact) mass is 379 g/mol. The molecule has 5 nitrogen and oxygen atoms in total. The lowest BCUT2D eigenvalue weighted by molar-refractivity contribution is -0.134. The van der Waals surface area contributed by atoms with Gasteiger partial charge in [-0.25, -0.2) is 4.98 Å². The van der Waals surface area contributed by atoms with Crippen molar-refractivity contribution in [1.29, 1.82) is 0 Å². The first-order valence-corrected chi connectivity index (χ1v) is 10.1. The highest BCUT2D eigenvalue weighted by Gasteiger charge is 2.27. The lowest BCUT2D eigenvalue weighted by atomic mass is 9.95. The van der Waals surface area contributed by atoms with E-state index in [1.807, 2.05) is 24.0 Å². The maximum atomic E-state index is 12.5. The first-order chi connectivity index (χ1) is 13.5. The van der Waals surface area contributed by atoms with Crippen molar-refractivity contribution in [2.75, 3.05) is 18.4 Å². The van der Waals surface area contributed by atoms with Gasteiger partial charge in [0.1, 0.15) is 5.82 Å². The number of aromatic nitrogens is 1. The Morgan fingerprint density at radius 2 is 1.79 bits per heavy atom. The molecule has 1 aromatic heterocycles. The van der Waals surface area contributed by atoms with Crippen molar-refractivity contribution in [3.63, 3.8) is 0 Å². The number of hydrogen-bond donors (Lipinski definition) is 1. The maximum Gasteiger partial charge on any atom is 0.228 e. The quantitative estimate of drug-likeness (QED) is 0.831. The Morgan fingerprint density at radius 3 is 2.43 bits per heavy atom. The Labute approximate surface area is 167 Å². The molecule has 2 aromatic rings. The molecule has 0 unspecified atom stereocenters. The number of hydrogen-bond acceptors (Lipinski definition) is 3. The van der Waals surface area contributed by atoms with E-state index in [-0.39, 0.29) is 17.7 Å². The van der Waals surface area contributed by atoms with Gasteiger partial charge in [0.25, 0.3) is 0 Å². The van der Waals surface area contributed by atoms with Gasteiger partial charge in [-0.15, -0.1) is 0 Å². The third-order valence-electron chi connectivity index (χ3n) is 5.44. The van der Waals surface area contributed by atoms with E-state index in [0.29, 0.717) is 38.2 Å². The predicted molar refractivity (Wildman–Crippen MR) is 111 cm³/mol. The van der Waals surface area contributed by atoms with Gasteiger partial charge in [0, 0.05) is 31.6 Å². The van der Waals surface area contributed by atoms with Crippen molar-refractivity contribution in [3.05, 3.63) is 59.3 Å². The normalized spacial score (nSPS) is 14.7. The number of amides is 2. The number of anilines is 1. The van der Waals surface area contributed by atoms with Crippen LogP contribution in [0.2, 0.25) is 0 Å². The van der Waals surface area contributed by atoms with Gasteiger partial charge in [0.2, 0.25) is 11.8 Å². The van der Waals surface area contributed by atoms with Gasteiger partial charge in [-0.3, -0.25) is 9.59 Å². The number of benzene rings is 1. The van der Waals surface area contributed by atoms with Crippen molar-refractivity contribution in [3.8, 4) is 0 Å². The van der Waals surface area contributed by atoms with E-state index in [2.05, 4.69) is 41.5 Å². The molecule has 0 saturated carbocycles. The lowest BCUT2D eigenvalue weighted by Gasteiger charge is -2.31. The number of carbonyl (C=O) groups excluding carboxylic acids is 2. The van der Waals surface area contributed by atoms with E-state index in [1.165, 1.54) is 11.1 Å². The minimum atomic E-state index is -0.0621. The SMILES string of the molecule is CCc1ccc(CCC(=O)N2CCC(C(=O)Nc3cc(C)ccn3)CC2)cc1. The summed E-state index contributed by atoms with van der Waals surface area (Å²) < 4.78 is 0. The summed E-state index contributed by atoms with van der Waals surface area (Å²) >= 11 is 0. The van der Waals surface area contributed by atoms with Gasteiger partial charge in [0.05, 0.1) is 0 Å². The maximum absolute atomic E-state index is 12.5. The van der Waals surface area contributed by atoms with Gasteiger partial charge in [-0.1, -0.05) is 31.2 Å². The van der Waals surface area contributed by atoms with Crippen LogP contribution in [-0.4, -0.2) is 34.8 Å². The first-order valence-electron chi connectivity index (χ1n) is 10.1. The minimum absolute atomic E-state index is 0.00112. The van der Waals surface area contributed by atoms with Crippen LogP contribution in [0.5, 0.6) is 0 Å². The molecule has 0 atom stereocenters. The van der Waals surface area contributed by atoms with Crippen molar-refractivity contribution >= 4 is 17.6 Å². The standard InChI is InChI=1S/C23H29N3O2/c1-3-18-4-6-19(7-5-18)8-9-22(27)26-14-11-20(12-15-26)23(28)25-21-16-17(2)10-13-24-21/h4-7,10,13,16,20H,3,8-9,11-12,14-15H2,1-2H3,(H,24,25,28). The van der Waals surface area contributed by atoms with E-state index >= 15 is 0 Å². The van der Waals surface area contributed by atoms with Crippen molar-refractivity contribution in [2.24, 2.45) is 5.92 Å². The molecule has 1 saturated heterocycles. The summed E-state index contributed by atoms with van der Waals surface area (Å²) in [6, 6.07) is 12.3. The van der Waals surface area contributed by atoms with Crippen molar-refractivity contribution in [2.45, 2.75) is 46.0 Å². The fraction of sp³-hybridized carbons (Fsp3) is 0.435. The Bertz CT molecular complexity index is 809. The molecule has 3 rings (SSSR count). The number of rotatable bonds is 6. The molecule has 0 aliphatic carbocycles. The van der Waals surface area contributed by atoms with Gasteiger partial charge in [-0.05, 0) is 61.4 Å². The molecule has 2 heterocycles. The summed E-state index contributed by atoms with van der Waals surface area (Å²) in [7, 11) is 0. The van der Waals surface area contributed by atoms with Crippen LogP contribution in [0.3, 0.4) is 0 Å². The summed E-state index contributed by atoms with van der Waals surface area (Å²) in [5.74, 6) is 0.713. The van der Waals surface area contributed by atoms with Crippen LogP contribution >= 0.6 is 0 Å². The average molecular weight is 380 g/mol. The van der Waals surface area contributed by atoms with Crippen molar-refractivity contribution < 1.29 is 9.59 Å². The number of nitrogens with one attached hydrogen (secondary N) is 1. The zero-order chi connectivity index (χ0) is 19.9. The van der Waals surface area contributed by atoms with Crippen LogP contribution in [-0.2, 0) is 22.4 Å². The molecular formula is C23H29N3O2. The summed E-state index contributed by atoms with van der Waals surface area (Å²) in [6.45, 7) is 5.40. The zero-order valence-electron chi connectivity index (χ0n) is 16.8. The van der Waals surface area contributed by atoms with Gasteiger partial charge < -0.3 is 10.2 Å². The molecule has 28 heavy (non-hydrogen) atoms. The molecule has 0 bridgehead atoms. The topological polar surface area (TPSA) is 62.3 Å². The second-order valence-corrected chi connectivity index (χ2v) is 7.53. The summed E-state index contributed by atoms with van der Waals surface area (Å²) in [4.78, 5) is 31.1. The Balaban J connectivity index is 1.43. The molecule has 0 spiro atoms. The molecule has 1 fully saturated rings. The van der Waals surface area contributed by atoms with Gasteiger partial charge in [-0.2, -0.15) is 0 Å². The van der Waals surface area contributed by atoms with Crippen LogP contribution < -0.4 is 5.32 Å². The molecule has 0 radical (unpaired) electrons. The molecule has 5 heteroatoms. The average Bonchev–Trinajstić information content (AvgIpc) is 2.72. The molecule has 148 valence electrons. The van der Waals surface area contributed by atoms with Crippen molar-refractivity contribution in [1.82, 2.24) is 9.88 Å². The Morgan fingerprint density at radius 1 is 1.11 bits per heavy atom. The smallest absolute Gasteiger partial charge is 0.228 e. The molecule has 1 aliphatic heterocycles. The van der Waals surface area contributed by atoms with Gasteiger partial charge >= 0.3 is 0 Å². The zero-order valence-corrected chi connectivity index (χ0v) is 16.8. The highest BCUT2D eigenvalue weighted by atomic mass is 16.2. The molecule has 1 aromatic carbocycles. The number of piperidine rings is 1. The van der Waals surface area contributed by atoms with Gasteiger partial charge in [0.15, 0.2) is 0 Å².